The zero-order chi connectivity index (χ0) is 11.5. The van der Waals surface area contributed by atoms with Crippen molar-refractivity contribution in [2.45, 2.75) is 25.7 Å². The lowest BCUT2D eigenvalue weighted by molar-refractivity contribution is 0.608. The molecule has 90 valence electrons. The van der Waals surface area contributed by atoms with Gasteiger partial charge in [-0.1, -0.05) is 12.1 Å². The number of hydrogen-bond donors (Lipinski definition) is 2. The van der Waals surface area contributed by atoms with Crippen LogP contribution in [-0.2, 0) is 6.42 Å². The first-order chi connectivity index (χ1) is 8.42. The summed E-state index contributed by atoms with van der Waals surface area (Å²) in [6.07, 6.45) is 5.05. The standard InChI is InChI=1S/C14H19N3/c1-2-5-13-12(4-1)16-14(17-13)6-3-9-15-10-11-7-8-11/h1-2,4-5,11,15H,3,6-10H2,(H,16,17). The molecule has 0 unspecified atom stereocenters. The minimum atomic E-state index is 0.973. The first-order valence-electron chi connectivity index (χ1n) is 6.56. The summed E-state index contributed by atoms with van der Waals surface area (Å²) >= 11 is 0. The summed E-state index contributed by atoms with van der Waals surface area (Å²) in [6.45, 7) is 2.31. The van der Waals surface area contributed by atoms with Crippen LogP contribution in [0.5, 0.6) is 0 Å². The molecule has 1 aliphatic rings. The molecule has 1 saturated carbocycles. The summed E-state index contributed by atoms with van der Waals surface area (Å²) in [5.74, 6) is 2.08. The lowest BCUT2D eigenvalue weighted by Crippen LogP contribution is -2.18. The van der Waals surface area contributed by atoms with E-state index < -0.39 is 0 Å². The SMILES string of the molecule is c1ccc2[nH]c(CCCNCC3CC3)nc2c1. The number of nitrogens with one attached hydrogen (secondary N) is 2. The van der Waals surface area contributed by atoms with Crippen molar-refractivity contribution >= 4 is 11.0 Å². The van der Waals surface area contributed by atoms with Crippen LogP contribution in [0.25, 0.3) is 11.0 Å². The van der Waals surface area contributed by atoms with E-state index in [-0.39, 0.29) is 0 Å². The van der Waals surface area contributed by atoms with Gasteiger partial charge in [0.15, 0.2) is 0 Å². The average Bonchev–Trinajstić information content (AvgIpc) is 3.07. The number of aromatic amines is 1. The molecular weight excluding hydrogens is 210 g/mol. The van der Waals surface area contributed by atoms with Crippen LogP contribution in [0.4, 0.5) is 0 Å². The molecule has 1 fully saturated rings. The highest BCUT2D eigenvalue weighted by Gasteiger charge is 2.19. The Bertz CT molecular complexity index is 452. The molecule has 3 nitrogen and oxygen atoms in total. The molecule has 2 aromatic rings. The normalized spacial score (nSPS) is 15.5. The van der Waals surface area contributed by atoms with Crippen molar-refractivity contribution in [3.63, 3.8) is 0 Å². The van der Waals surface area contributed by atoms with E-state index in [0.29, 0.717) is 0 Å². The Morgan fingerprint density at radius 2 is 2.18 bits per heavy atom. The molecule has 0 saturated heterocycles. The Hall–Kier alpha value is -1.35. The van der Waals surface area contributed by atoms with Crippen LogP contribution in [0.15, 0.2) is 24.3 Å². The number of imidazole rings is 1. The van der Waals surface area contributed by atoms with Gasteiger partial charge in [0.05, 0.1) is 11.0 Å². The second-order valence-corrected chi connectivity index (χ2v) is 4.95. The van der Waals surface area contributed by atoms with E-state index in [1.54, 1.807) is 0 Å². The molecule has 0 atom stereocenters. The Kier molecular flexibility index (Phi) is 3.10. The van der Waals surface area contributed by atoms with Gasteiger partial charge in [-0.15, -0.1) is 0 Å². The number of H-pyrrole nitrogens is 1. The van der Waals surface area contributed by atoms with Crippen LogP contribution in [-0.4, -0.2) is 23.1 Å². The topological polar surface area (TPSA) is 40.7 Å². The monoisotopic (exact) mass is 229 g/mol. The molecule has 1 aromatic heterocycles. The third-order valence-electron chi connectivity index (χ3n) is 3.34. The lowest BCUT2D eigenvalue weighted by atomic mass is 10.3. The van der Waals surface area contributed by atoms with Crippen LogP contribution in [0, 0.1) is 5.92 Å². The highest BCUT2D eigenvalue weighted by Crippen LogP contribution is 2.27. The number of benzene rings is 1. The summed E-state index contributed by atoms with van der Waals surface area (Å²) in [4.78, 5) is 7.94. The maximum Gasteiger partial charge on any atom is 0.107 e. The largest absolute Gasteiger partial charge is 0.342 e. The molecule has 0 aliphatic heterocycles. The Balaban J connectivity index is 1.46. The second-order valence-electron chi connectivity index (χ2n) is 4.95. The van der Waals surface area contributed by atoms with Crippen LogP contribution in [0.2, 0.25) is 0 Å². The molecule has 1 heterocycles. The molecule has 3 rings (SSSR count). The van der Waals surface area contributed by atoms with Gasteiger partial charge in [0, 0.05) is 6.42 Å². The summed E-state index contributed by atoms with van der Waals surface area (Å²) < 4.78 is 0. The fourth-order valence-corrected chi connectivity index (χ4v) is 2.13. The predicted molar refractivity (Wildman–Crippen MR) is 70.0 cm³/mol. The maximum atomic E-state index is 4.57. The summed E-state index contributed by atoms with van der Waals surface area (Å²) in [6, 6.07) is 8.21. The lowest BCUT2D eigenvalue weighted by Gasteiger charge is -2.01. The van der Waals surface area contributed by atoms with Gasteiger partial charge < -0.3 is 10.3 Å². The van der Waals surface area contributed by atoms with Crippen molar-refractivity contribution < 1.29 is 0 Å². The van der Waals surface area contributed by atoms with Gasteiger partial charge >= 0.3 is 0 Å². The average molecular weight is 229 g/mol. The van der Waals surface area contributed by atoms with E-state index in [0.717, 1.165) is 42.2 Å². The third-order valence-corrected chi connectivity index (χ3v) is 3.34. The van der Waals surface area contributed by atoms with E-state index in [1.807, 2.05) is 12.1 Å². The van der Waals surface area contributed by atoms with E-state index >= 15 is 0 Å². The van der Waals surface area contributed by atoms with Crippen molar-refractivity contribution in [2.24, 2.45) is 5.92 Å². The quantitative estimate of drug-likeness (QED) is 0.747. The number of fused-ring (bicyclic) bond motifs is 1. The first-order valence-corrected chi connectivity index (χ1v) is 6.56. The molecule has 17 heavy (non-hydrogen) atoms. The van der Waals surface area contributed by atoms with E-state index in [4.69, 9.17) is 0 Å². The minimum Gasteiger partial charge on any atom is -0.342 e. The molecule has 0 amide bonds. The van der Waals surface area contributed by atoms with Crippen LogP contribution < -0.4 is 5.32 Å². The fourth-order valence-electron chi connectivity index (χ4n) is 2.13. The van der Waals surface area contributed by atoms with Crippen molar-refractivity contribution in [3.05, 3.63) is 30.1 Å². The van der Waals surface area contributed by atoms with Crippen molar-refractivity contribution in [1.82, 2.24) is 15.3 Å². The summed E-state index contributed by atoms with van der Waals surface area (Å²) in [5, 5.41) is 3.51. The molecule has 2 N–H and O–H groups in total. The van der Waals surface area contributed by atoms with Gasteiger partial charge in [-0.3, -0.25) is 0 Å². The molecule has 3 heteroatoms. The zero-order valence-electron chi connectivity index (χ0n) is 10.1. The molecular formula is C14H19N3. The molecule has 0 spiro atoms. The number of nitrogens with zero attached hydrogens (tertiary/aromatic N) is 1. The summed E-state index contributed by atoms with van der Waals surface area (Å²) in [5.41, 5.74) is 2.22. The predicted octanol–water partition coefficient (Wildman–Crippen LogP) is 2.50. The summed E-state index contributed by atoms with van der Waals surface area (Å²) in [7, 11) is 0. The number of para-hydroxylation sites is 2. The van der Waals surface area contributed by atoms with Crippen molar-refractivity contribution in [1.29, 1.82) is 0 Å². The molecule has 0 radical (unpaired) electrons. The van der Waals surface area contributed by atoms with Crippen molar-refractivity contribution in [2.75, 3.05) is 13.1 Å². The first kappa shape index (κ1) is 10.8. The smallest absolute Gasteiger partial charge is 0.107 e. The van der Waals surface area contributed by atoms with E-state index in [2.05, 4.69) is 27.4 Å². The zero-order valence-corrected chi connectivity index (χ0v) is 10.1. The van der Waals surface area contributed by atoms with Gasteiger partial charge in [-0.25, -0.2) is 4.98 Å². The van der Waals surface area contributed by atoms with Crippen molar-refractivity contribution in [3.8, 4) is 0 Å². The third kappa shape index (κ3) is 2.86. The number of aromatic nitrogens is 2. The fraction of sp³-hybridized carbons (Fsp3) is 0.500. The molecule has 1 aliphatic carbocycles. The Morgan fingerprint density at radius 1 is 1.29 bits per heavy atom. The van der Waals surface area contributed by atoms with Crippen LogP contribution >= 0.6 is 0 Å². The second kappa shape index (κ2) is 4.88. The molecule has 0 bridgehead atoms. The Labute approximate surface area is 102 Å². The van der Waals surface area contributed by atoms with Gasteiger partial charge in [-0.05, 0) is 50.4 Å². The van der Waals surface area contributed by atoms with Crippen LogP contribution in [0.3, 0.4) is 0 Å². The number of rotatable bonds is 6. The van der Waals surface area contributed by atoms with Gasteiger partial charge in [0.2, 0.25) is 0 Å². The van der Waals surface area contributed by atoms with Gasteiger partial charge in [0.1, 0.15) is 5.82 Å². The number of aryl methyl sites for hydroxylation is 1. The minimum absolute atomic E-state index is 0.973. The van der Waals surface area contributed by atoms with Gasteiger partial charge in [-0.2, -0.15) is 0 Å². The highest BCUT2D eigenvalue weighted by atomic mass is 14.9. The van der Waals surface area contributed by atoms with Crippen LogP contribution in [0.1, 0.15) is 25.1 Å². The number of hydrogen-bond acceptors (Lipinski definition) is 2. The highest BCUT2D eigenvalue weighted by molar-refractivity contribution is 5.74. The maximum absolute atomic E-state index is 4.57. The van der Waals surface area contributed by atoms with E-state index in [9.17, 15) is 0 Å². The van der Waals surface area contributed by atoms with E-state index in [1.165, 1.54) is 19.4 Å². The Morgan fingerprint density at radius 3 is 3.00 bits per heavy atom. The molecule has 1 aromatic carbocycles. The van der Waals surface area contributed by atoms with Gasteiger partial charge in [0.25, 0.3) is 0 Å².